The third-order valence-corrected chi connectivity index (χ3v) is 5.08. The zero-order valence-electron chi connectivity index (χ0n) is 13.6. The molecular weight excluding hydrogens is 256 g/mol. The summed E-state index contributed by atoms with van der Waals surface area (Å²) >= 11 is 0. The fraction of sp³-hybridized carbons (Fsp3) is 0.684. The Morgan fingerprint density at radius 1 is 1.05 bits per heavy atom. The van der Waals surface area contributed by atoms with E-state index in [9.17, 15) is 0 Å². The topological polar surface area (TPSA) is 15.3 Å². The second kappa shape index (κ2) is 6.83. The van der Waals surface area contributed by atoms with E-state index in [0.717, 1.165) is 18.4 Å². The van der Waals surface area contributed by atoms with Crippen molar-refractivity contribution in [2.45, 2.75) is 58.5 Å². The van der Waals surface area contributed by atoms with Gasteiger partial charge in [0.05, 0.1) is 0 Å². The smallest absolute Gasteiger partial charge is 0.0345 e. The normalized spacial score (nSPS) is 30.5. The van der Waals surface area contributed by atoms with Crippen LogP contribution >= 0.6 is 0 Å². The lowest BCUT2D eigenvalue weighted by molar-refractivity contribution is 0.281. The van der Waals surface area contributed by atoms with Crippen LogP contribution in [0.4, 0.5) is 5.69 Å². The van der Waals surface area contributed by atoms with Gasteiger partial charge < -0.3 is 5.32 Å². The molecule has 1 heterocycles. The third-order valence-electron chi connectivity index (χ3n) is 5.08. The summed E-state index contributed by atoms with van der Waals surface area (Å²) in [5.74, 6) is 1.72. The van der Waals surface area contributed by atoms with Gasteiger partial charge in [0, 0.05) is 18.3 Å². The first-order valence-electron chi connectivity index (χ1n) is 8.77. The summed E-state index contributed by atoms with van der Waals surface area (Å²) in [5, 5.41) is 3.79. The number of benzene rings is 1. The van der Waals surface area contributed by atoms with E-state index < -0.39 is 0 Å². The molecule has 1 saturated carbocycles. The van der Waals surface area contributed by atoms with E-state index in [1.54, 1.807) is 0 Å². The summed E-state index contributed by atoms with van der Waals surface area (Å²) < 4.78 is 0. The molecule has 1 aromatic rings. The zero-order chi connectivity index (χ0) is 14.7. The van der Waals surface area contributed by atoms with Gasteiger partial charge >= 0.3 is 0 Å². The van der Waals surface area contributed by atoms with E-state index in [4.69, 9.17) is 0 Å². The van der Waals surface area contributed by atoms with Gasteiger partial charge in [0.1, 0.15) is 0 Å². The molecule has 2 nitrogen and oxygen atoms in total. The van der Waals surface area contributed by atoms with Gasteiger partial charge in [0.15, 0.2) is 0 Å². The average molecular weight is 286 g/mol. The fourth-order valence-corrected chi connectivity index (χ4v) is 4.26. The van der Waals surface area contributed by atoms with Crippen LogP contribution in [-0.2, 0) is 6.54 Å². The molecule has 2 unspecified atom stereocenters. The van der Waals surface area contributed by atoms with Gasteiger partial charge in [-0.2, -0.15) is 0 Å². The lowest BCUT2D eigenvalue weighted by atomic mass is 9.80. The minimum atomic E-state index is 0.658. The lowest BCUT2D eigenvalue weighted by Crippen LogP contribution is -2.30. The Hall–Kier alpha value is -1.02. The molecular formula is C19H30N2. The van der Waals surface area contributed by atoms with Crippen molar-refractivity contribution in [1.29, 1.82) is 0 Å². The average Bonchev–Trinajstić information content (AvgIpc) is 2.90. The Morgan fingerprint density at radius 3 is 2.48 bits per heavy atom. The predicted molar refractivity (Wildman–Crippen MR) is 90.5 cm³/mol. The highest BCUT2D eigenvalue weighted by Gasteiger charge is 2.23. The minimum absolute atomic E-state index is 0.658. The maximum absolute atomic E-state index is 3.79. The van der Waals surface area contributed by atoms with Gasteiger partial charge in [-0.1, -0.05) is 26.0 Å². The number of rotatable bonds is 4. The molecule has 0 amide bonds. The van der Waals surface area contributed by atoms with Gasteiger partial charge in [-0.25, -0.2) is 0 Å². The van der Waals surface area contributed by atoms with E-state index in [2.05, 4.69) is 48.3 Å². The van der Waals surface area contributed by atoms with Crippen LogP contribution in [0.2, 0.25) is 0 Å². The van der Waals surface area contributed by atoms with Crippen LogP contribution in [-0.4, -0.2) is 24.0 Å². The van der Waals surface area contributed by atoms with Crippen LogP contribution in [0.1, 0.15) is 51.5 Å². The van der Waals surface area contributed by atoms with E-state index >= 15 is 0 Å². The first kappa shape index (κ1) is 14.9. The maximum atomic E-state index is 3.79. The molecule has 1 aliphatic heterocycles. The predicted octanol–water partition coefficient (Wildman–Crippen LogP) is 4.52. The number of hydrogen-bond donors (Lipinski definition) is 1. The molecule has 0 spiro atoms. The van der Waals surface area contributed by atoms with Gasteiger partial charge in [-0.15, -0.1) is 0 Å². The van der Waals surface area contributed by atoms with Crippen LogP contribution in [0, 0.1) is 11.8 Å². The fourth-order valence-electron chi connectivity index (χ4n) is 4.26. The highest BCUT2D eigenvalue weighted by molar-refractivity contribution is 5.46. The quantitative estimate of drug-likeness (QED) is 0.875. The van der Waals surface area contributed by atoms with Crippen molar-refractivity contribution in [3.8, 4) is 0 Å². The standard InChI is InChI=1S/C19H30N2/c1-15-10-16(2)12-19(11-15)20-18-7-5-6-17(13-18)14-21-8-3-4-9-21/h5-7,13,15-16,19-20H,3-4,8-12,14H2,1-2H3. The van der Waals surface area contributed by atoms with E-state index in [-0.39, 0.29) is 0 Å². The van der Waals surface area contributed by atoms with Crippen LogP contribution < -0.4 is 5.32 Å². The summed E-state index contributed by atoms with van der Waals surface area (Å²) in [4.78, 5) is 2.57. The summed E-state index contributed by atoms with van der Waals surface area (Å²) in [7, 11) is 0. The van der Waals surface area contributed by atoms with Gasteiger partial charge in [0.25, 0.3) is 0 Å². The monoisotopic (exact) mass is 286 g/mol. The minimum Gasteiger partial charge on any atom is -0.382 e. The lowest BCUT2D eigenvalue weighted by Gasteiger charge is -2.32. The Balaban J connectivity index is 1.60. The van der Waals surface area contributed by atoms with Crippen molar-refractivity contribution in [3.63, 3.8) is 0 Å². The number of nitrogens with zero attached hydrogens (tertiary/aromatic N) is 1. The third kappa shape index (κ3) is 4.23. The SMILES string of the molecule is CC1CC(C)CC(Nc2cccc(CN3CCCC3)c2)C1. The second-order valence-electron chi connectivity index (χ2n) is 7.44. The van der Waals surface area contributed by atoms with Crippen molar-refractivity contribution < 1.29 is 0 Å². The van der Waals surface area contributed by atoms with E-state index in [1.807, 2.05) is 0 Å². The van der Waals surface area contributed by atoms with Crippen molar-refractivity contribution in [2.24, 2.45) is 11.8 Å². The zero-order valence-corrected chi connectivity index (χ0v) is 13.6. The number of likely N-dealkylation sites (tertiary alicyclic amines) is 1. The van der Waals surface area contributed by atoms with Crippen molar-refractivity contribution in [1.82, 2.24) is 4.90 Å². The van der Waals surface area contributed by atoms with Crippen LogP contribution in [0.5, 0.6) is 0 Å². The van der Waals surface area contributed by atoms with E-state index in [1.165, 1.54) is 56.4 Å². The molecule has 116 valence electrons. The van der Waals surface area contributed by atoms with Crippen LogP contribution in [0.15, 0.2) is 24.3 Å². The Bertz CT molecular complexity index is 441. The van der Waals surface area contributed by atoms with Crippen molar-refractivity contribution in [2.75, 3.05) is 18.4 Å². The molecule has 2 atom stereocenters. The Morgan fingerprint density at radius 2 is 1.76 bits per heavy atom. The summed E-state index contributed by atoms with van der Waals surface area (Å²) in [5.41, 5.74) is 2.77. The first-order valence-corrected chi connectivity index (χ1v) is 8.77. The number of hydrogen-bond acceptors (Lipinski definition) is 2. The molecule has 1 saturated heterocycles. The van der Waals surface area contributed by atoms with Gasteiger partial charge in [-0.3, -0.25) is 4.90 Å². The molecule has 0 radical (unpaired) electrons. The molecule has 0 bridgehead atoms. The highest BCUT2D eigenvalue weighted by atomic mass is 15.1. The van der Waals surface area contributed by atoms with Crippen molar-refractivity contribution >= 4 is 5.69 Å². The molecule has 2 heteroatoms. The summed E-state index contributed by atoms with van der Waals surface area (Å²) in [6.45, 7) is 8.46. The summed E-state index contributed by atoms with van der Waals surface area (Å²) in [6, 6.07) is 9.74. The summed E-state index contributed by atoms with van der Waals surface area (Å²) in [6.07, 6.45) is 6.78. The molecule has 0 aromatic heterocycles. The molecule has 1 N–H and O–H groups in total. The molecule has 2 aliphatic rings. The Kier molecular flexibility index (Phi) is 4.84. The maximum Gasteiger partial charge on any atom is 0.0345 e. The molecule has 1 aliphatic carbocycles. The van der Waals surface area contributed by atoms with Gasteiger partial charge in [0.2, 0.25) is 0 Å². The van der Waals surface area contributed by atoms with Crippen molar-refractivity contribution in [3.05, 3.63) is 29.8 Å². The van der Waals surface area contributed by atoms with E-state index in [0.29, 0.717) is 6.04 Å². The molecule has 21 heavy (non-hydrogen) atoms. The van der Waals surface area contributed by atoms with Crippen LogP contribution in [0.3, 0.4) is 0 Å². The number of nitrogens with one attached hydrogen (secondary N) is 1. The highest BCUT2D eigenvalue weighted by Crippen LogP contribution is 2.30. The molecule has 3 rings (SSSR count). The largest absolute Gasteiger partial charge is 0.382 e. The number of anilines is 1. The Labute approximate surface area is 129 Å². The van der Waals surface area contributed by atoms with Crippen LogP contribution in [0.25, 0.3) is 0 Å². The second-order valence-corrected chi connectivity index (χ2v) is 7.44. The molecule has 2 fully saturated rings. The van der Waals surface area contributed by atoms with Gasteiger partial charge in [-0.05, 0) is 74.7 Å². The first-order chi connectivity index (χ1) is 10.2. The molecule has 1 aromatic carbocycles.